The topological polar surface area (TPSA) is 43.1 Å². The molecular formula is C10H7ClN4S2. The zero-order valence-corrected chi connectivity index (χ0v) is 11.2. The Labute approximate surface area is 111 Å². The van der Waals surface area contributed by atoms with Gasteiger partial charge in [0.1, 0.15) is 5.15 Å². The van der Waals surface area contributed by atoms with Gasteiger partial charge >= 0.3 is 0 Å². The van der Waals surface area contributed by atoms with Crippen LogP contribution in [0.2, 0.25) is 5.15 Å². The molecule has 0 aliphatic heterocycles. The second-order valence-corrected chi connectivity index (χ2v) is 5.85. The molecule has 4 nitrogen and oxygen atoms in total. The molecule has 0 saturated carbocycles. The van der Waals surface area contributed by atoms with Gasteiger partial charge in [-0.1, -0.05) is 11.6 Å². The van der Waals surface area contributed by atoms with E-state index in [4.69, 9.17) is 11.6 Å². The lowest BCUT2D eigenvalue weighted by molar-refractivity contribution is 0.939. The van der Waals surface area contributed by atoms with Crippen LogP contribution in [0.5, 0.6) is 0 Å². The van der Waals surface area contributed by atoms with Crippen molar-refractivity contribution in [3.05, 3.63) is 29.4 Å². The van der Waals surface area contributed by atoms with Crippen molar-refractivity contribution in [2.24, 2.45) is 0 Å². The molecule has 0 spiro atoms. The number of rotatable bonds is 2. The molecule has 3 aromatic rings. The third kappa shape index (κ3) is 1.92. The smallest absolute Gasteiger partial charge is 0.190 e. The summed E-state index contributed by atoms with van der Waals surface area (Å²) in [7, 11) is 0. The zero-order chi connectivity index (χ0) is 11.8. The van der Waals surface area contributed by atoms with Crippen molar-refractivity contribution >= 4 is 40.3 Å². The summed E-state index contributed by atoms with van der Waals surface area (Å²) in [4.78, 5) is 1.04. The van der Waals surface area contributed by atoms with Gasteiger partial charge in [-0.25, -0.2) is 0 Å². The highest BCUT2D eigenvalue weighted by Crippen LogP contribution is 2.31. The van der Waals surface area contributed by atoms with Crippen LogP contribution in [-0.2, 0) is 0 Å². The second kappa shape index (κ2) is 4.29. The summed E-state index contributed by atoms with van der Waals surface area (Å²) in [6.07, 6.45) is 2.05. The monoisotopic (exact) mass is 282 g/mol. The number of hydrogen-bond donors (Lipinski definition) is 0. The zero-order valence-electron chi connectivity index (χ0n) is 8.79. The average Bonchev–Trinajstić information content (AvgIpc) is 2.93. The van der Waals surface area contributed by atoms with Crippen molar-refractivity contribution in [3.8, 4) is 10.7 Å². The lowest BCUT2D eigenvalue weighted by Gasteiger charge is -1.95. The largest absolute Gasteiger partial charge is 0.195 e. The molecule has 0 fully saturated rings. The van der Waals surface area contributed by atoms with Crippen LogP contribution in [0.25, 0.3) is 16.3 Å². The molecule has 0 radical (unpaired) electrons. The van der Waals surface area contributed by atoms with E-state index in [1.54, 1.807) is 39.7 Å². The van der Waals surface area contributed by atoms with Crippen LogP contribution in [0.15, 0.2) is 28.5 Å². The summed E-state index contributed by atoms with van der Waals surface area (Å²) < 4.78 is 2.90. The minimum Gasteiger partial charge on any atom is -0.190 e. The SMILES string of the molecule is CSc1ccc(-c2nnc3ccc(Cl)nn23)s1. The number of fused-ring (bicyclic) bond motifs is 1. The molecule has 0 aliphatic carbocycles. The van der Waals surface area contributed by atoms with Gasteiger partial charge < -0.3 is 0 Å². The van der Waals surface area contributed by atoms with Crippen molar-refractivity contribution in [1.82, 2.24) is 19.8 Å². The van der Waals surface area contributed by atoms with Gasteiger partial charge in [0.15, 0.2) is 11.5 Å². The summed E-state index contributed by atoms with van der Waals surface area (Å²) in [5.41, 5.74) is 0.698. The molecule has 0 amide bonds. The van der Waals surface area contributed by atoms with Crippen molar-refractivity contribution in [3.63, 3.8) is 0 Å². The fourth-order valence-corrected chi connectivity index (χ4v) is 3.12. The van der Waals surface area contributed by atoms with Gasteiger partial charge in [-0.2, -0.15) is 9.61 Å². The maximum absolute atomic E-state index is 5.88. The van der Waals surface area contributed by atoms with Crippen LogP contribution in [0.1, 0.15) is 0 Å². The third-order valence-corrected chi connectivity index (χ3v) is 4.60. The summed E-state index contributed by atoms with van der Waals surface area (Å²) in [5.74, 6) is 0.729. The summed E-state index contributed by atoms with van der Waals surface area (Å²) in [6.45, 7) is 0. The number of thiophene rings is 1. The van der Waals surface area contributed by atoms with Crippen molar-refractivity contribution in [1.29, 1.82) is 0 Å². The second-order valence-electron chi connectivity index (χ2n) is 3.27. The van der Waals surface area contributed by atoms with Crippen LogP contribution in [0.3, 0.4) is 0 Å². The van der Waals surface area contributed by atoms with E-state index in [0.717, 1.165) is 10.7 Å². The Morgan fingerprint density at radius 3 is 2.88 bits per heavy atom. The molecule has 0 aromatic carbocycles. The molecule has 0 aliphatic rings. The predicted octanol–water partition coefficient (Wildman–Crippen LogP) is 3.23. The quantitative estimate of drug-likeness (QED) is 0.677. The highest BCUT2D eigenvalue weighted by molar-refractivity contribution is 8.00. The molecule has 3 heterocycles. The minimum atomic E-state index is 0.431. The summed E-state index contributed by atoms with van der Waals surface area (Å²) in [6, 6.07) is 7.60. The Morgan fingerprint density at radius 2 is 2.12 bits per heavy atom. The first-order chi connectivity index (χ1) is 8.28. The van der Waals surface area contributed by atoms with Crippen molar-refractivity contribution < 1.29 is 0 Å². The van der Waals surface area contributed by atoms with Crippen LogP contribution >= 0.6 is 34.7 Å². The van der Waals surface area contributed by atoms with E-state index < -0.39 is 0 Å². The predicted molar refractivity (Wildman–Crippen MR) is 70.9 cm³/mol. The number of hydrogen-bond acceptors (Lipinski definition) is 5. The van der Waals surface area contributed by atoms with E-state index in [2.05, 4.69) is 21.4 Å². The maximum atomic E-state index is 5.88. The number of thioether (sulfide) groups is 1. The Bertz CT molecular complexity index is 676. The van der Waals surface area contributed by atoms with Gasteiger partial charge in [0.25, 0.3) is 0 Å². The highest BCUT2D eigenvalue weighted by Gasteiger charge is 2.11. The van der Waals surface area contributed by atoms with Gasteiger partial charge in [0.05, 0.1) is 9.09 Å². The number of aromatic nitrogens is 4. The molecule has 0 atom stereocenters. The van der Waals surface area contributed by atoms with E-state index in [1.165, 1.54) is 4.21 Å². The van der Waals surface area contributed by atoms with Gasteiger partial charge in [-0.15, -0.1) is 33.3 Å². The van der Waals surface area contributed by atoms with Gasteiger partial charge in [0, 0.05) is 0 Å². The lowest BCUT2D eigenvalue weighted by Crippen LogP contribution is -1.93. The van der Waals surface area contributed by atoms with Gasteiger partial charge in [-0.3, -0.25) is 0 Å². The normalized spacial score (nSPS) is 11.2. The molecule has 7 heteroatoms. The Hall–Kier alpha value is -1.11. The van der Waals surface area contributed by atoms with E-state index in [9.17, 15) is 0 Å². The first-order valence-corrected chi connectivity index (χ1v) is 7.22. The van der Waals surface area contributed by atoms with E-state index in [1.807, 2.05) is 12.3 Å². The lowest BCUT2D eigenvalue weighted by atomic mass is 10.4. The average molecular weight is 283 g/mol. The summed E-state index contributed by atoms with van der Waals surface area (Å²) >= 11 is 9.26. The number of halogens is 1. The van der Waals surface area contributed by atoms with Gasteiger partial charge in [0.2, 0.25) is 0 Å². The number of nitrogens with zero attached hydrogens (tertiary/aromatic N) is 4. The van der Waals surface area contributed by atoms with E-state index >= 15 is 0 Å². The molecule has 0 saturated heterocycles. The van der Waals surface area contributed by atoms with E-state index in [-0.39, 0.29) is 0 Å². The van der Waals surface area contributed by atoms with E-state index in [0.29, 0.717) is 10.8 Å². The standard InChI is InChI=1S/C10H7ClN4S2/c1-16-9-5-2-6(17-9)10-13-12-8-4-3-7(11)14-15(8)10/h2-5H,1H3. The Morgan fingerprint density at radius 1 is 1.24 bits per heavy atom. The van der Waals surface area contributed by atoms with Crippen LogP contribution in [0, 0.1) is 0 Å². The highest BCUT2D eigenvalue weighted by atomic mass is 35.5. The maximum Gasteiger partial charge on any atom is 0.195 e. The van der Waals surface area contributed by atoms with Crippen molar-refractivity contribution in [2.45, 2.75) is 4.21 Å². The first kappa shape index (κ1) is 11.0. The minimum absolute atomic E-state index is 0.431. The molecule has 0 N–H and O–H groups in total. The molecule has 0 bridgehead atoms. The van der Waals surface area contributed by atoms with Crippen LogP contribution in [-0.4, -0.2) is 26.1 Å². The molecule has 0 unspecified atom stereocenters. The van der Waals surface area contributed by atoms with Gasteiger partial charge in [-0.05, 0) is 30.5 Å². The summed E-state index contributed by atoms with van der Waals surface area (Å²) in [5, 5.41) is 12.8. The third-order valence-electron chi connectivity index (χ3n) is 2.23. The van der Waals surface area contributed by atoms with Crippen molar-refractivity contribution in [2.75, 3.05) is 6.26 Å². The van der Waals surface area contributed by atoms with Crippen LogP contribution in [0.4, 0.5) is 0 Å². The molecular weight excluding hydrogens is 276 g/mol. The Kier molecular flexibility index (Phi) is 2.78. The molecule has 86 valence electrons. The molecule has 3 aromatic heterocycles. The van der Waals surface area contributed by atoms with Crippen LogP contribution < -0.4 is 0 Å². The molecule has 17 heavy (non-hydrogen) atoms. The Balaban J connectivity index is 2.19. The first-order valence-electron chi connectivity index (χ1n) is 4.80. The molecule has 3 rings (SSSR count). The fourth-order valence-electron chi connectivity index (χ4n) is 1.47. The fraction of sp³-hybridized carbons (Fsp3) is 0.100.